The molecule has 5 nitrogen and oxygen atoms in total. The van der Waals surface area contributed by atoms with Gasteiger partial charge in [-0.3, -0.25) is 0 Å². The first-order valence-electron chi connectivity index (χ1n) is 16.8. The van der Waals surface area contributed by atoms with Crippen LogP contribution < -0.4 is 30.7 Å². The van der Waals surface area contributed by atoms with Crippen molar-refractivity contribution in [3.63, 3.8) is 0 Å². The van der Waals surface area contributed by atoms with E-state index in [2.05, 4.69) is 162 Å². The van der Waals surface area contributed by atoms with E-state index in [0.717, 1.165) is 52.7 Å². The van der Waals surface area contributed by atoms with Gasteiger partial charge in [0, 0.05) is 39.6 Å². The number of rotatable bonds is 7. The zero-order valence-corrected chi connectivity index (χ0v) is 34.7. The van der Waals surface area contributed by atoms with Crippen molar-refractivity contribution >= 4 is 86.9 Å². The number of nitrogens with one attached hydrogen (secondary N) is 2. The Morgan fingerprint density at radius 2 is 0.604 bits per heavy atom. The van der Waals surface area contributed by atoms with Crippen LogP contribution in [0.15, 0.2) is 121 Å². The van der Waals surface area contributed by atoms with Crippen molar-refractivity contribution in [2.24, 2.45) is 0 Å². The molecule has 252 valence electrons. The van der Waals surface area contributed by atoms with Gasteiger partial charge in [0.25, 0.3) is 0 Å². The van der Waals surface area contributed by atoms with E-state index < -0.39 is 11.5 Å². The second-order valence-electron chi connectivity index (χ2n) is 11.3. The topological polar surface area (TPSA) is 55.6 Å². The Kier molecular flexibility index (Phi) is 20.9. The monoisotopic (exact) mass is 828 g/mol. The van der Waals surface area contributed by atoms with Crippen LogP contribution >= 0.6 is 11.5 Å². The van der Waals surface area contributed by atoms with E-state index in [1.165, 1.54) is 59.7 Å². The molecule has 3 saturated heterocycles. The molecule has 3 aliphatic heterocycles. The standard InChI is InChI=1S/C26H24N2P2Se2.3C4H8O.Mg/c31-29(23-13-5-1-6-14-23,24-15-7-2-8-16-24)27-21-22-28-30(32,25-17-9-3-10-18-25)26-19-11-4-12-20-26;3*1-2-4-5-3-1;/h1-20H,21-22H2;3*1-4H2;/q-2;;;;+2/p+2. The molecule has 3 fully saturated rings. The van der Waals surface area contributed by atoms with Crippen LogP contribution in [0.5, 0.6) is 0 Å². The number of hydrogen-bond donors (Lipinski definition) is 2. The molecule has 10 heteroatoms. The van der Waals surface area contributed by atoms with Gasteiger partial charge in [-0.05, 0) is 38.5 Å². The molecule has 0 unspecified atom stereocenters. The third-order valence-corrected chi connectivity index (χ3v) is 20.1. The van der Waals surface area contributed by atoms with E-state index in [-0.39, 0.29) is 23.1 Å². The molecule has 0 saturated carbocycles. The molecule has 0 amide bonds. The Morgan fingerprint density at radius 3 is 0.771 bits per heavy atom. The molecular formula is C38H50MgN2O3P2Se2+2. The Balaban J connectivity index is 0.000000317. The normalized spacial score (nSPS) is 15.3. The van der Waals surface area contributed by atoms with Crippen molar-refractivity contribution in [1.82, 2.24) is 0 Å². The van der Waals surface area contributed by atoms with Crippen molar-refractivity contribution in [2.45, 2.75) is 38.5 Å². The molecule has 0 atom stereocenters. The fourth-order valence-corrected chi connectivity index (χ4v) is 13.9. The molecule has 7 rings (SSSR count). The zero-order chi connectivity index (χ0) is 32.9. The van der Waals surface area contributed by atoms with E-state index in [4.69, 9.17) is 14.2 Å². The van der Waals surface area contributed by atoms with Crippen LogP contribution in [0.2, 0.25) is 0 Å². The molecule has 0 aromatic heterocycles. The zero-order valence-electron chi connectivity index (χ0n) is 28.1. The molecule has 0 radical (unpaired) electrons. The number of hydrogen-bond acceptors (Lipinski definition) is 3. The van der Waals surface area contributed by atoms with Gasteiger partial charge < -0.3 is 14.2 Å². The summed E-state index contributed by atoms with van der Waals surface area (Å²) in [7, 11) is 0. The Hall–Kier alpha value is -0.975. The second kappa shape index (κ2) is 24.3. The first kappa shape index (κ1) is 41.4. The Morgan fingerprint density at radius 1 is 0.396 bits per heavy atom. The van der Waals surface area contributed by atoms with E-state index in [0.29, 0.717) is 0 Å². The van der Waals surface area contributed by atoms with Crippen molar-refractivity contribution in [2.75, 3.05) is 52.7 Å². The molecule has 0 bridgehead atoms. The summed E-state index contributed by atoms with van der Waals surface area (Å²) in [6.45, 7) is 7.71. The molecule has 4 aromatic carbocycles. The summed E-state index contributed by atoms with van der Waals surface area (Å²) in [5.41, 5.74) is 0. The minimum absolute atomic E-state index is 0. The summed E-state index contributed by atoms with van der Waals surface area (Å²) in [4.78, 5) is 0. The second-order valence-corrected chi connectivity index (χ2v) is 23.4. The summed E-state index contributed by atoms with van der Waals surface area (Å²) >= 11 is 7.12. The average Bonchev–Trinajstić information content (AvgIpc) is 3.99. The third-order valence-electron chi connectivity index (χ3n) is 7.76. The third kappa shape index (κ3) is 14.0. The van der Waals surface area contributed by atoms with Crippen LogP contribution in [0.25, 0.3) is 0 Å². The first-order chi connectivity index (χ1) is 23.1. The fourth-order valence-electron chi connectivity index (χ4n) is 5.17. The van der Waals surface area contributed by atoms with Gasteiger partial charge in [0.2, 0.25) is 0 Å². The van der Waals surface area contributed by atoms with E-state index in [9.17, 15) is 0 Å². The van der Waals surface area contributed by atoms with E-state index in [1.807, 2.05) is 0 Å². The van der Waals surface area contributed by atoms with Crippen molar-refractivity contribution in [1.29, 1.82) is 0 Å². The summed E-state index contributed by atoms with van der Waals surface area (Å²) in [6, 6.07) is 43.0. The Labute approximate surface area is 320 Å². The maximum atomic E-state index is 4.94. The predicted octanol–water partition coefficient (Wildman–Crippen LogP) is 3.03. The quantitative estimate of drug-likeness (QED) is 0.172. The van der Waals surface area contributed by atoms with Crippen molar-refractivity contribution in [3.05, 3.63) is 121 Å². The summed E-state index contributed by atoms with van der Waals surface area (Å²) in [5.74, 6) is -3.63. The number of ether oxygens (including phenoxy) is 3. The van der Waals surface area contributed by atoms with Crippen LogP contribution in [-0.4, -0.2) is 107 Å². The van der Waals surface area contributed by atoms with Gasteiger partial charge in [0.05, 0.1) is 0 Å². The SMILES string of the molecule is C1CCOC1.C1CCOC1.C1CCOC1.[Mg+2].[Se-]P(=[NH+]CC[NH+]=P([Se-])(c1ccccc1)c1ccccc1)(c1ccccc1)c1ccccc1. The van der Waals surface area contributed by atoms with Crippen LogP contribution in [0.3, 0.4) is 0 Å². The van der Waals surface area contributed by atoms with Crippen molar-refractivity contribution < 1.29 is 23.7 Å². The van der Waals surface area contributed by atoms with Crippen LogP contribution in [0.1, 0.15) is 38.5 Å². The van der Waals surface area contributed by atoms with Gasteiger partial charge in [-0.15, -0.1) is 0 Å². The Bertz CT molecular complexity index is 1270. The van der Waals surface area contributed by atoms with Gasteiger partial charge >= 0.3 is 231 Å². The molecule has 48 heavy (non-hydrogen) atoms. The molecule has 0 spiro atoms. The summed E-state index contributed by atoms with van der Waals surface area (Å²) < 4.78 is 22.6. The van der Waals surface area contributed by atoms with Crippen LogP contribution in [0.4, 0.5) is 0 Å². The average molecular weight is 827 g/mol. The fraction of sp³-hybridized carbons (Fsp3) is 0.368. The first-order valence-corrected chi connectivity index (χ1v) is 24.8. The molecular weight excluding hydrogens is 777 g/mol. The summed E-state index contributed by atoms with van der Waals surface area (Å²) in [5, 5.41) is 5.28. The van der Waals surface area contributed by atoms with E-state index >= 15 is 0 Å². The molecule has 0 aliphatic carbocycles. The minimum atomic E-state index is -1.81. The van der Waals surface area contributed by atoms with Crippen molar-refractivity contribution in [3.8, 4) is 0 Å². The van der Waals surface area contributed by atoms with Gasteiger partial charge in [0.1, 0.15) is 0 Å². The number of benzene rings is 4. The maximum absolute atomic E-state index is 4.94. The molecule has 4 aromatic rings. The van der Waals surface area contributed by atoms with Crippen LogP contribution in [-0.2, 0) is 14.2 Å². The summed E-state index contributed by atoms with van der Waals surface area (Å²) in [6.07, 6.45) is 7.67. The van der Waals surface area contributed by atoms with E-state index in [1.54, 1.807) is 0 Å². The molecule has 3 heterocycles. The van der Waals surface area contributed by atoms with Gasteiger partial charge in [-0.25, -0.2) is 0 Å². The van der Waals surface area contributed by atoms with Crippen LogP contribution in [0, 0.1) is 0 Å². The predicted molar refractivity (Wildman–Crippen MR) is 207 cm³/mol. The van der Waals surface area contributed by atoms with Gasteiger partial charge in [-0.2, -0.15) is 0 Å². The van der Waals surface area contributed by atoms with Gasteiger partial charge in [-0.1, -0.05) is 0 Å². The molecule has 2 N–H and O–H groups in total. The molecule has 3 aliphatic rings. The van der Waals surface area contributed by atoms with Gasteiger partial charge in [0.15, 0.2) is 0 Å².